The van der Waals surface area contributed by atoms with E-state index in [0.29, 0.717) is 23.1 Å². The number of rotatable bonds is 10. The van der Waals surface area contributed by atoms with Gasteiger partial charge in [-0.05, 0) is 63.8 Å². The molecule has 0 bridgehead atoms. The van der Waals surface area contributed by atoms with Crippen molar-refractivity contribution in [2.24, 2.45) is 0 Å². The van der Waals surface area contributed by atoms with Gasteiger partial charge in [0.2, 0.25) is 5.91 Å². The third-order valence-corrected chi connectivity index (χ3v) is 7.18. The molecule has 0 atom stereocenters. The van der Waals surface area contributed by atoms with Crippen LogP contribution >= 0.6 is 23.2 Å². The van der Waals surface area contributed by atoms with Crippen molar-refractivity contribution < 1.29 is 13.2 Å². The number of amides is 1. The van der Waals surface area contributed by atoms with Gasteiger partial charge in [-0.1, -0.05) is 47.0 Å². The standard InChI is InChI=1S/C22H28Cl2N2O3S/c1-17-5-8-19(9-6-17)30(28,29)14-11-22(27)26(13-4-12-25(2)3)16-18-7-10-20(23)21(24)15-18/h5-10,15H,4,11-14,16H2,1-3H3. The number of carbonyl (C=O) groups excluding carboxylic acids is 1. The van der Waals surface area contributed by atoms with Gasteiger partial charge in [-0.25, -0.2) is 8.42 Å². The molecule has 0 saturated carbocycles. The Hall–Kier alpha value is -1.60. The third kappa shape index (κ3) is 7.58. The van der Waals surface area contributed by atoms with Gasteiger partial charge in [-0.15, -0.1) is 0 Å². The minimum absolute atomic E-state index is 0.0699. The molecule has 5 nitrogen and oxygen atoms in total. The van der Waals surface area contributed by atoms with Gasteiger partial charge in [-0.2, -0.15) is 0 Å². The van der Waals surface area contributed by atoms with Crippen LogP contribution in [0.1, 0.15) is 24.0 Å². The van der Waals surface area contributed by atoms with Crippen LogP contribution in [0.3, 0.4) is 0 Å². The van der Waals surface area contributed by atoms with E-state index in [1.807, 2.05) is 32.0 Å². The SMILES string of the molecule is Cc1ccc(S(=O)(=O)CCC(=O)N(CCCN(C)C)Cc2ccc(Cl)c(Cl)c2)cc1. The number of hydrogen-bond acceptors (Lipinski definition) is 4. The molecule has 0 saturated heterocycles. The zero-order chi connectivity index (χ0) is 22.3. The van der Waals surface area contributed by atoms with E-state index in [9.17, 15) is 13.2 Å². The van der Waals surface area contributed by atoms with Crippen molar-refractivity contribution in [2.75, 3.05) is 32.9 Å². The first-order valence-electron chi connectivity index (χ1n) is 9.74. The maximum absolute atomic E-state index is 12.9. The van der Waals surface area contributed by atoms with Gasteiger partial charge in [0, 0.05) is 19.5 Å². The lowest BCUT2D eigenvalue weighted by Gasteiger charge is -2.24. The molecule has 0 aliphatic heterocycles. The van der Waals surface area contributed by atoms with Crippen molar-refractivity contribution in [1.29, 1.82) is 0 Å². The molecule has 0 unspecified atom stereocenters. The number of sulfone groups is 1. The van der Waals surface area contributed by atoms with Crippen molar-refractivity contribution in [3.05, 3.63) is 63.6 Å². The van der Waals surface area contributed by atoms with Gasteiger partial charge in [0.15, 0.2) is 9.84 Å². The van der Waals surface area contributed by atoms with E-state index in [1.165, 1.54) is 0 Å². The van der Waals surface area contributed by atoms with Crippen LogP contribution in [-0.4, -0.2) is 57.1 Å². The summed E-state index contributed by atoms with van der Waals surface area (Å²) in [4.78, 5) is 16.9. The molecule has 30 heavy (non-hydrogen) atoms. The van der Waals surface area contributed by atoms with Crippen molar-refractivity contribution in [2.45, 2.75) is 31.2 Å². The number of nitrogens with zero attached hydrogens (tertiary/aromatic N) is 2. The Morgan fingerprint density at radius 1 is 0.967 bits per heavy atom. The van der Waals surface area contributed by atoms with Gasteiger partial charge < -0.3 is 9.80 Å². The van der Waals surface area contributed by atoms with Gasteiger partial charge in [0.25, 0.3) is 0 Å². The quantitative estimate of drug-likeness (QED) is 0.514. The monoisotopic (exact) mass is 470 g/mol. The molecule has 0 heterocycles. The molecule has 2 aromatic rings. The molecule has 0 fully saturated rings. The number of benzene rings is 2. The Morgan fingerprint density at radius 2 is 1.63 bits per heavy atom. The topological polar surface area (TPSA) is 57.7 Å². The largest absolute Gasteiger partial charge is 0.338 e. The van der Waals surface area contributed by atoms with E-state index in [0.717, 1.165) is 24.1 Å². The summed E-state index contributed by atoms with van der Waals surface area (Å²) in [6.45, 7) is 3.61. The molecular weight excluding hydrogens is 443 g/mol. The fourth-order valence-corrected chi connectivity index (χ4v) is 4.52. The smallest absolute Gasteiger partial charge is 0.223 e. The number of aryl methyl sites for hydroxylation is 1. The third-order valence-electron chi connectivity index (χ3n) is 4.71. The van der Waals surface area contributed by atoms with Crippen molar-refractivity contribution in [1.82, 2.24) is 9.80 Å². The average Bonchev–Trinajstić information content (AvgIpc) is 2.68. The van der Waals surface area contributed by atoms with E-state index in [1.54, 1.807) is 41.3 Å². The van der Waals surface area contributed by atoms with Gasteiger partial charge in [0.1, 0.15) is 0 Å². The summed E-state index contributed by atoms with van der Waals surface area (Å²) in [5, 5.41) is 0.881. The summed E-state index contributed by atoms with van der Waals surface area (Å²) in [6, 6.07) is 11.9. The van der Waals surface area contributed by atoms with Crippen LogP contribution in [0.5, 0.6) is 0 Å². The minimum atomic E-state index is -3.52. The predicted molar refractivity (Wildman–Crippen MR) is 123 cm³/mol. The summed E-state index contributed by atoms with van der Waals surface area (Å²) >= 11 is 12.1. The second-order valence-electron chi connectivity index (χ2n) is 7.60. The Kier molecular flexibility index (Phi) is 9.16. The highest BCUT2D eigenvalue weighted by atomic mass is 35.5. The molecular formula is C22H28Cl2N2O3S. The summed E-state index contributed by atoms with van der Waals surface area (Å²) < 4.78 is 25.2. The molecule has 2 rings (SSSR count). The first-order chi connectivity index (χ1) is 14.1. The van der Waals surface area contributed by atoms with E-state index in [2.05, 4.69) is 0 Å². The lowest BCUT2D eigenvalue weighted by atomic mass is 10.2. The maximum Gasteiger partial charge on any atom is 0.223 e. The van der Waals surface area contributed by atoms with Crippen LogP contribution in [0.2, 0.25) is 10.0 Å². The summed E-state index contributed by atoms with van der Waals surface area (Å²) in [5.41, 5.74) is 1.84. The van der Waals surface area contributed by atoms with Crippen molar-refractivity contribution in [3.8, 4) is 0 Å². The predicted octanol–water partition coefficient (Wildman–Crippen LogP) is 4.45. The fourth-order valence-electron chi connectivity index (χ4n) is 2.97. The molecule has 2 aromatic carbocycles. The first kappa shape index (κ1) is 24.7. The van der Waals surface area contributed by atoms with Crippen molar-refractivity contribution in [3.63, 3.8) is 0 Å². The fraction of sp³-hybridized carbons (Fsp3) is 0.409. The molecule has 0 radical (unpaired) electrons. The maximum atomic E-state index is 12.9. The first-order valence-corrected chi connectivity index (χ1v) is 12.1. The van der Waals surface area contributed by atoms with Gasteiger partial charge >= 0.3 is 0 Å². The lowest BCUT2D eigenvalue weighted by Crippen LogP contribution is -2.34. The molecule has 0 aliphatic rings. The van der Waals surface area contributed by atoms with Crippen LogP contribution in [0.15, 0.2) is 47.4 Å². The van der Waals surface area contributed by atoms with Crippen LogP contribution in [-0.2, 0) is 21.2 Å². The van der Waals surface area contributed by atoms with Crippen LogP contribution in [0.25, 0.3) is 0 Å². The molecule has 1 amide bonds. The molecule has 164 valence electrons. The van der Waals surface area contributed by atoms with Crippen LogP contribution in [0, 0.1) is 6.92 Å². The second-order valence-corrected chi connectivity index (χ2v) is 10.5. The van der Waals surface area contributed by atoms with Crippen LogP contribution in [0.4, 0.5) is 0 Å². The van der Waals surface area contributed by atoms with E-state index < -0.39 is 9.84 Å². The average molecular weight is 471 g/mol. The summed E-state index contributed by atoms with van der Waals surface area (Å²) in [6.07, 6.45) is 0.713. The number of halogens is 2. The lowest BCUT2D eigenvalue weighted by molar-refractivity contribution is -0.131. The van der Waals surface area contributed by atoms with Gasteiger partial charge in [0.05, 0.1) is 20.7 Å². The zero-order valence-electron chi connectivity index (χ0n) is 17.6. The molecule has 0 spiro atoms. The van der Waals surface area contributed by atoms with E-state index in [-0.39, 0.29) is 23.0 Å². The highest BCUT2D eigenvalue weighted by Gasteiger charge is 2.20. The Labute approximate surface area is 189 Å². The normalized spacial score (nSPS) is 11.7. The molecule has 8 heteroatoms. The Balaban J connectivity index is 2.08. The van der Waals surface area contributed by atoms with Gasteiger partial charge in [-0.3, -0.25) is 4.79 Å². The van der Waals surface area contributed by atoms with E-state index >= 15 is 0 Å². The summed E-state index contributed by atoms with van der Waals surface area (Å²) in [5.74, 6) is -0.420. The number of carbonyl (C=O) groups is 1. The zero-order valence-corrected chi connectivity index (χ0v) is 19.9. The second kappa shape index (κ2) is 11.1. The van der Waals surface area contributed by atoms with E-state index in [4.69, 9.17) is 23.2 Å². The summed E-state index contributed by atoms with van der Waals surface area (Å²) in [7, 11) is 0.424. The highest BCUT2D eigenvalue weighted by molar-refractivity contribution is 7.91. The Bertz CT molecular complexity index is 961. The molecule has 0 N–H and O–H groups in total. The highest BCUT2D eigenvalue weighted by Crippen LogP contribution is 2.23. The minimum Gasteiger partial charge on any atom is -0.338 e. The van der Waals surface area contributed by atoms with Crippen molar-refractivity contribution >= 4 is 38.9 Å². The molecule has 0 aliphatic carbocycles. The Morgan fingerprint density at radius 3 is 2.23 bits per heavy atom. The number of hydrogen-bond donors (Lipinski definition) is 0. The molecule has 0 aromatic heterocycles. The van der Waals surface area contributed by atoms with Crippen LogP contribution < -0.4 is 0 Å².